The summed E-state index contributed by atoms with van der Waals surface area (Å²) in [7, 11) is 3.98. The van der Waals surface area contributed by atoms with Crippen LogP contribution in [-0.4, -0.2) is 51.6 Å². The lowest BCUT2D eigenvalue weighted by molar-refractivity contribution is -0.137. The predicted octanol–water partition coefficient (Wildman–Crippen LogP) is 4.43. The third-order valence-electron chi connectivity index (χ3n) is 5.52. The summed E-state index contributed by atoms with van der Waals surface area (Å²) in [4.78, 5) is 8.68. The summed E-state index contributed by atoms with van der Waals surface area (Å²) in [5.41, 5.74) is 1.43. The molecule has 1 aliphatic heterocycles. The highest BCUT2D eigenvalue weighted by molar-refractivity contribution is 7.80. The molecule has 0 bridgehead atoms. The van der Waals surface area contributed by atoms with E-state index < -0.39 is 11.7 Å². The minimum atomic E-state index is -4.41. The Kier molecular flexibility index (Phi) is 6.21. The second kappa shape index (κ2) is 8.91. The molecule has 5 nitrogen and oxygen atoms in total. The summed E-state index contributed by atoms with van der Waals surface area (Å²) in [5.74, 6) is 0. The molecule has 4 rings (SSSR count). The van der Waals surface area contributed by atoms with Crippen molar-refractivity contribution in [2.24, 2.45) is 0 Å². The Labute approximate surface area is 190 Å². The number of likely N-dealkylation sites (N-methyl/N-ethyl adjacent to an activating group) is 1. The van der Waals surface area contributed by atoms with Crippen molar-refractivity contribution in [3.05, 3.63) is 83.9 Å². The van der Waals surface area contributed by atoms with Gasteiger partial charge >= 0.3 is 6.18 Å². The van der Waals surface area contributed by atoms with Gasteiger partial charge in [0.05, 0.1) is 23.3 Å². The van der Waals surface area contributed by atoms with Gasteiger partial charge in [0.25, 0.3) is 0 Å². The van der Waals surface area contributed by atoms with Crippen LogP contribution in [0.3, 0.4) is 0 Å². The van der Waals surface area contributed by atoms with Gasteiger partial charge in [-0.2, -0.15) is 13.2 Å². The van der Waals surface area contributed by atoms with E-state index in [1.807, 2.05) is 44.4 Å². The van der Waals surface area contributed by atoms with Gasteiger partial charge in [-0.1, -0.05) is 12.1 Å². The van der Waals surface area contributed by atoms with Crippen molar-refractivity contribution >= 4 is 17.3 Å². The predicted molar refractivity (Wildman–Crippen MR) is 121 cm³/mol. The van der Waals surface area contributed by atoms with E-state index in [9.17, 15) is 13.2 Å². The maximum Gasteiger partial charge on any atom is 0.416 e. The molecule has 2 atom stereocenters. The lowest BCUT2D eigenvalue weighted by atomic mass is 10.0. The average Bonchev–Trinajstić information content (AvgIpc) is 3.36. The van der Waals surface area contributed by atoms with Gasteiger partial charge in [0.15, 0.2) is 5.11 Å². The van der Waals surface area contributed by atoms with E-state index in [0.29, 0.717) is 17.3 Å². The van der Waals surface area contributed by atoms with E-state index in [0.717, 1.165) is 24.0 Å². The Morgan fingerprint density at radius 3 is 2.59 bits per heavy atom. The monoisotopic (exact) mass is 459 g/mol. The molecule has 1 saturated heterocycles. The Hall–Kier alpha value is -2.91. The highest BCUT2D eigenvalue weighted by Crippen LogP contribution is 2.40. The number of aromatic nitrogens is 2. The van der Waals surface area contributed by atoms with Crippen molar-refractivity contribution in [2.75, 3.05) is 27.2 Å². The fraction of sp³-hybridized carbons (Fsp3) is 0.304. The summed E-state index contributed by atoms with van der Waals surface area (Å²) in [6, 6.07) is 14.4. The number of benzene rings is 1. The Morgan fingerprint density at radius 2 is 1.91 bits per heavy atom. The number of hydrogen-bond donors (Lipinski definition) is 1. The number of pyridine rings is 1. The largest absolute Gasteiger partial charge is 0.416 e. The number of thiocarbonyl (C=S) groups is 1. The zero-order valence-electron chi connectivity index (χ0n) is 17.8. The first-order valence-corrected chi connectivity index (χ1v) is 10.6. The van der Waals surface area contributed by atoms with Gasteiger partial charge in [0.2, 0.25) is 0 Å². The molecule has 2 aromatic heterocycles. The van der Waals surface area contributed by atoms with Crippen molar-refractivity contribution in [2.45, 2.75) is 18.3 Å². The van der Waals surface area contributed by atoms with Crippen LogP contribution in [0.4, 0.5) is 13.2 Å². The first-order chi connectivity index (χ1) is 15.3. The van der Waals surface area contributed by atoms with Crippen molar-refractivity contribution in [3.63, 3.8) is 0 Å². The molecule has 1 fully saturated rings. The van der Waals surface area contributed by atoms with Crippen LogP contribution in [0.15, 0.2) is 67.0 Å². The summed E-state index contributed by atoms with van der Waals surface area (Å²) >= 11 is 5.66. The first-order valence-electron chi connectivity index (χ1n) is 10.2. The van der Waals surface area contributed by atoms with Crippen LogP contribution in [0.5, 0.6) is 0 Å². The molecule has 0 aliphatic carbocycles. The molecular weight excluding hydrogens is 435 g/mol. The number of nitrogens with zero attached hydrogens (tertiary/aromatic N) is 4. The minimum absolute atomic E-state index is 0.231. The number of nitrogens with one attached hydrogen (secondary N) is 1. The standard InChI is InChI=1S/C23H24F3N5S/c1-29(2)13-14-31-21(20(28-22(31)32)18-9-3-4-11-27-18)19-10-6-12-30(19)17-8-5-7-16(15-17)23(24,25)26/h3-12,15,20-21H,13-14H2,1-2H3,(H,28,32)/t20-,21-/m1/s1. The smallest absolute Gasteiger partial charge is 0.352 e. The molecular formula is C23H24F3N5S. The molecule has 0 spiro atoms. The lowest BCUT2D eigenvalue weighted by Crippen LogP contribution is -2.36. The Balaban J connectivity index is 1.78. The molecule has 0 radical (unpaired) electrons. The van der Waals surface area contributed by atoms with E-state index in [1.54, 1.807) is 23.0 Å². The zero-order valence-corrected chi connectivity index (χ0v) is 18.6. The second-order valence-electron chi connectivity index (χ2n) is 7.97. The maximum atomic E-state index is 13.3. The third kappa shape index (κ3) is 4.49. The summed E-state index contributed by atoms with van der Waals surface area (Å²) in [6.45, 7) is 1.44. The SMILES string of the molecule is CN(C)CCN1C(=S)N[C@H](c2ccccn2)[C@H]1c1cccn1-c1cccc(C(F)(F)F)c1. The summed E-state index contributed by atoms with van der Waals surface area (Å²) < 4.78 is 41.8. The molecule has 168 valence electrons. The third-order valence-corrected chi connectivity index (χ3v) is 5.87. The highest BCUT2D eigenvalue weighted by atomic mass is 32.1. The molecule has 1 N–H and O–H groups in total. The van der Waals surface area contributed by atoms with Crippen LogP contribution >= 0.6 is 12.2 Å². The van der Waals surface area contributed by atoms with Gasteiger partial charge in [0.1, 0.15) is 0 Å². The van der Waals surface area contributed by atoms with Crippen molar-refractivity contribution in [1.82, 2.24) is 24.7 Å². The Morgan fingerprint density at radius 1 is 1.09 bits per heavy atom. The molecule has 0 unspecified atom stereocenters. The molecule has 32 heavy (non-hydrogen) atoms. The van der Waals surface area contributed by atoms with Crippen LogP contribution in [0, 0.1) is 0 Å². The van der Waals surface area contributed by atoms with Crippen molar-refractivity contribution < 1.29 is 13.2 Å². The van der Waals surface area contributed by atoms with Crippen LogP contribution in [0.25, 0.3) is 5.69 Å². The summed E-state index contributed by atoms with van der Waals surface area (Å²) in [5, 5.41) is 3.98. The van der Waals surface area contributed by atoms with Gasteiger partial charge in [0, 0.05) is 36.9 Å². The fourth-order valence-corrected chi connectivity index (χ4v) is 4.31. The molecule has 3 aromatic rings. The van der Waals surface area contributed by atoms with E-state index in [-0.39, 0.29) is 12.1 Å². The van der Waals surface area contributed by atoms with Gasteiger partial charge in [-0.25, -0.2) is 0 Å². The molecule has 1 aromatic carbocycles. The van der Waals surface area contributed by atoms with E-state index >= 15 is 0 Å². The lowest BCUT2D eigenvalue weighted by Gasteiger charge is -2.30. The maximum absolute atomic E-state index is 13.3. The van der Waals surface area contributed by atoms with Crippen LogP contribution < -0.4 is 5.32 Å². The quantitative estimate of drug-likeness (QED) is 0.552. The number of rotatable bonds is 6. The van der Waals surface area contributed by atoms with E-state index in [4.69, 9.17) is 12.2 Å². The molecule has 9 heteroatoms. The Bertz CT molecular complexity index is 1080. The molecule has 1 aliphatic rings. The summed E-state index contributed by atoms with van der Waals surface area (Å²) in [6.07, 6.45) is -0.898. The van der Waals surface area contributed by atoms with E-state index in [2.05, 4.69) is 20.1 Å². The van der Waals surface area contributed by atoms with Gasteiger partial charge in [-0.3, -0.25) is 4.98 Å². The van der Waals surface area contributed by atoms with E-state index in [1.165, 1.54) is 12.1 Å². The van der Waals surface area contributed by atoms with Crippen molar-refractivity contribution in [3.8, 4) is 5.69 Å². The molecule has 0 saturated carbocycles. The topological polar surface area (TPSA) is 36.3 Å². The first kappa shape index (κ1) is 22.3. The number of hydrogen-bond acceptors (Lipinski definition) is 3. The highest BCUT2D eigenvalue weighted by Gasteiger charge is 2.41. The van der Waals surface area contributed by atoms with Crippen LogP contribution in [0.2, 0.25) is 0 Å². The van der Waals surface area contributed by atoms with Crippen molar-refractivity contribution in [1.29, 1.82) is 0 Å². The zero-order chi connectivity index (χ0) is 22.9. The number of halogens is 3. The number of alkyl halides is 3. The molecule has 3 heterocycles. The second-order valence-corrected chi connectivity index (χ2v) is 8.36. The van der Waals surface area contributed by atoms with Crippen LogP contribution in [-0.2, 0) is 6.18 Å². The minimum Gasteiger partial charge on any atom is -0.352 e. The molecule has 0 amide bonds. The normalized spacial score (nSPS) is 18.9. The van der Waals surface area contributed by atoms with Gasteiger partial charge < -0.3 is 19.7 Å². The fourth-order valence-electron chi connectivity index (χ4n) is 3.98. The average molecular weight is 460 g/mol. The van der Waals surface area contributed by atoms with Gasteiger partial charge in [-0.05, 0) is 68.8 Å². The van der Waals surface area contributed by atoms with Gasteiger partial charge in [-0.15, -0.1) is 0 Å². The van der Waals surface area contributed by atoms with Crippen LogP contribution in [0.1, 0.15) is 29.0 Å².